The van der Waals surface area contributed by atoms with E-state index < -0.39 is 49.5 Å². The number of unbranched alkanes of at least 4 members (excludes halogenated alkanes) is 52. The first-order chi connectivity index (χ1) is 45.7. The van der Waals surface area contributed by atoms with E-state index in [1.54, 1.807) is 6.08 Å². The number of ether oxygens (including phenoxy) is 3. The average Bonchev–Trinajstić information content (AvgIpc) is 1.02. The lowest BCUT2D eigenvalue weighted by Crippen LogP contribution is -2.60. The lowest BCUT2D eigenvalue weighted by molar-refractivity contribution is -0.302. The fraction of sp³-hybridized carbons (Fsp3) is 0.878. The summed E-state index contributed by atoms with van der Waals surface area (Å²) >= 11 is 0. The lowest BCUT2D eigenvalue weighted by atomic mass is 9.99. The zero-order valence-corrected chi connectivity index (χ0v) is 61.0. The number of hydrogen-bond acceptors (Lipinski definition) is 10. The van der Waals surface area contributed by atoms with Crippen LogP contribution < -0.4 is 5.32 Å². The Bertz CT molecular complexity index is 1690. The number of aliphatic hydroxyl groups is 5. The summed E-state index contributed by atoms with van der Waals surface area (Å²) in [6.07, 6.45) is 84.4. The highest BCUT2D eigenvalue weighted by Gasteiger charge is 2.44. The van der Waals surface area contributed by atoms with Crippen LogP contribution in [0.3, 0.4) is 0 Å². The van der Waals surface area contributed by atoms with Gasteiger partial charge in [0.1, 0.15) is 24.4 Å². The topological polar surface area (TPSA) is 175 Å². The summed E-state index contributed by atoms with van der Waals surface area (Å²) in [5.41, 5.74) is 0. The van der Waals surface area contributed by atoms with Crippen molar-refractivity contribution in [1.82, 2.24) is 5.32 Å². The molecule has 0 spiro atoms. The molecule has 93 heavy (non-hydrogen) atoms. The van der Waals surface area contributed by atoms with Crippen molar-refractivity contribution in [3.8, 4) is 0 Å². The third kappa shape index (κ3) is 59.4. The first kappa shape index (κ1) is 88.6. The standard InChI is InChI=1S/C82H153NO10/c1-3-5-7-9-11-13-15-44-48-52-56-60-64-68-75(85)74(73-92-82-81(90)80(89)79(88)76(72-84)93-82)83-77(86)69-65-61-57-53-49-46-42-40-38-36-34-32-30-28-26-24-22-20-18-17-19-21-23-25-27-29-31-33-35-37-39-41-43-47-51-55-59-63-67-71-91-78(87)70-66-62-58-54-50-45-16-14-12-10-8-6-4-2/h11,13,17-18,48,52,64,68,74-76,79-82,84-85,88-90H,3-10,12,14-16,19-47,49-51,53-63,65-67,69-73H2,1-2H3,(H,83,86)/b13-11+,18-17-,52-48+,68-64+. The molecule has 11 heteroatoms. The number of hydrogen-bond donors (Lipinski definition) is 6. The molecule has 0 bridgehead atoms. The molecule has 7 atom stereocenters. The number of amides is 1. The molecule has 1 rings (SSSR count). The fourth-order valence-electron chi connectivity index (χ4n) is 12.8. The van der Waals surface area contributed by atoms with Gasteiger partial charge in [-0.3, -0.25) is 9.59 Å². The van der Waals surface area contributed by atoms with Gasteiger partial charge in [0.05, 0.1) is 32.0 Å². The normalized spacial score (nSPS) is 17.7. The molecule has 11 nitrogen and oxygen atoms in total. The first-order valence-corrected chi connectivity index (χ1v) is 40.4. The Kier molecular flexibility index (Phi) is 67.6. The van der Waals surface area contributed by atoms with Gasteiger partial charge < -0.3 is 45.1 Å². The zero-order valence-electron chi connectivity index (χ0n) is 61.0. The molecule has 0 aromatic rings. The summed E-state index contributed by atoms with van der Waals surface area (Å²) in [5, 5.41) is 54.5. The van der Waals surface area contributed by atoms with Gasteiger partial charge in [0.25, 0.3) is 0 Å². The van der Waals surface area contributed by atoms with Gasteiger partial charge in [-0.25, -0.2) is 0 Å². The van der Waals surface area contributed by atoms with Crippen LogP contribution in [0.5, 0.6) is 0 Å². The molecule has 1 heterocycles. The molecule has 1 aliphatic heterocycles. The van der Waals surface area contributed by atoms with Gasteiger partial charge in [0.2, 0.25) is 5.91 Å². The minimum atomic E-state index is -1.58. The zero-order chi connectivity index (χ0) is 67.2. The summed E-state index contributed by atoms with van der Waals surface area (Å²) in [6.45, 7) is 4.34. The fourth-order valence-corrected chi connectivity index (χ4v) is 12.8. The van der Waals surface area contributed by atoms with Gasteiger partial charge in [0, 0.05) is 12.8 Å². The largest absolute Gasteiger partial charge is 0.466 e. The third-order valence-electron chi connectivity index (χ3n) is 19.1. The molecular weight excluding hydrogens is 1160 g/mol. The second kappa shape index (κ2) is 70.9. The molecule has 0 aromatic heterocycles. The number of esters is 1. The Morgan fingerprint density at radius 1 is 0.387 bits per heavy atom. The SMILES string of the molecule is CCCCC/C=C/CC/C=C/CC/C=C/C(O)C(COC1OC(CO)C(O)C(O)C1O)NC(=O)CCCCCCCCCCCCCCCCCCC/C=C\CCCCCCCCCCCCCCCCCCCCOC(=O)CCCCCCCCCCCCCCC. The maximum Gasteiger partial charge on any atom is 0.305 e. The van der Waals surface area contributed by atoms with E-state index in [4.69, 9.17) is 14.2 Å². The second-order valence-electron chi connectivity index (χ2n) is 28.1. The van der Waals surface area contributed by atoms with Crippen molar-refractivity contribution < 1.29 is 49.3 Å². The molecule has 0 saturated carbocycles. The van der Waals surface area contributed by atoms with Crippen molar-refractivity contribution in [2.45, 2.75) is 442 Å². The Morgan fingerprint density at radius 2 is 0.699 bits per heavy atom. The monoisotopic (exact) mass is 1310 g/mol. The number of carbonyl (C=O) groups excluding carboxylic acids is 2. The van der Waals surface area contributed by atoms with Gasteiger partial charge >= 0.3 is 5.97 Å². The van der Waals surface area contributed by atoms with Crippen LogP contribution in [0.25, 0.3) is 0 Å². The van der Waals surface area contributed by atoms with E-state index in [1.165, 1.54) is 308 Å². The molecule has 6 N–H and O–H groups in total. The van der Waals surface area contributed by atoms with Crippen LogP contribution >= 0.6 is 0 Å². The predicted octanol–water partition coefficient (Wildman–Crippen LogP) is 21.9. The maximum atomic E-state index is 13.1. The number of rotatable bonds is 72. The predicted molar refractivity (Wildman–Crippen MR) is 394 cm³/mol. The van der Waals surface area contributed by atoms with E-state index in [0.717, 1.165) is 64.2 Å². The highest BCUT2D eigenvalue weighted by Crippen LogP contribution is 2.24. The van der Waals surface area contributed by atoms with Crippen LogP contribution in [0.15, 0.2) is 48.6 Å². The minimum Gasteiger partial charge on any atom is -0.466 e. The van der Waals surface area contributed by atoms with Gasteiger partial charge in [-0.15, -0.1) is 0 Å². The summed E-state index contributed by atoms with van der Waals surface area (Å²) in [7, 11) is 0. The third-order valence-corrected chi connectivity index (χ3v) is 19.1. The highest BCUT2D eigenvalue weighted by atomic mass is 16.7. The summed E-state index contributed by atoms with van der Waals surface area (Å²) in [4.78, 5) is 25.1. The van der Waals surface area contributed by atoms with Gasteiger partial charge in [0.15, 0.2) is 6.29 Å². The van der Waals surface area contributed by atoms with Crippen molar-refractivity contribution in [2.75, 3.05) is 19.8 Å². The Morgan fingerprint density at radius 3 is 1.09 bits per heavy atom. The van der Waals surface area contributed by atoms with E-state index in [0.29, 0.717) is 19.4 Å². The number of allylic oxidation sites excluding steroid dienone is 7. The quantitative estimate of drug-likeness (QED) is 0.0195. The molecule has 0 radical (unpaired) electrons. The van der Waals surface area contributed by atoms with E-state index in [2.05, 4.69) is 55.6 Å². The average molecular weight is 1310 g/mol. The molecule has 1 aliphatic rings. The van der Waals surface area contributed by atoms with Crippen LogP contribution in [0.2, 0.25) is 0 Å². The number of aliphatic hydroxyl groups excluding tert-OH is 5. The van der Waals surface area contributed by atoms with Crippen LogP contribution in [-0.4, -0.2) is 100 Å². The summed E-state index contributed by atoms with van der Waals surface area (Å²) < 4.78 is 16.8. The second-order valence-corrected chi connectivity index (χ2v) is 28.1. The Balaban J connectivity index is 1.89. The smallest absolute Gasteiger partial charge is 0.305 e. The van der Waals surface area contributed by atoms with E-state index in [9.17, 15) is 35.1 Å². The Hall–Kier alpha value is -2.38. The van der Waals surface area contributed by atoms with Crippen LogP contribution in [0, 0.1) is 0 Å². The molecule has 546 valence electrons. The lowest BCUT2D eigenvalue weighted by Gasteiger charge is -2.40. The first-order valence-electron chi connectivity index (χ1n) is 40.4. The summed E-state index contributed by atoms with van der Waals surface area (Å²) in [5.74, 6) is -0.173. The summed E-state index contributed by atoms with van der Waals surface area (Å²) in [6, 6.07) is -0.832. The maximum absolute atomic E-state index is 13.1. The minimum absolute atomic E-state index is 0.0185. The van der Waals surface area contributed by atoms with Crippen LogP contribution in [0.4, 0.5) is 0 Å². The van der Waals surface area contributed by atoms with Crippen LogP contribution in [0.1, 0.15) is 399 Å². The van der Waals surface area contributed by atoms with Gasteiger partial charge in [-0.2, -0.15) is 0 Å². The van der Waals surface area contributed by atoms with Crippen molar-refractivity contribution in [2.24, 2.45) is 0 Å². The molecule has 0 aromatic carbocycles. The molecule has 1 amide bonds. The van der Waals surface area contributed by atoms with Crippen molar-refractivity contribution in [1.29, 1.82) is 0 Å². The van der Waals surface area contributed by atoms with E-state index in [1.807, 2.05) is 6.08 Å². The van der Waals surface area contributed by atoms with Crippen LogP contribution in [-0.2, 0) is 23.8 Å². The van der Waals surface area contributed by atoms with E-state index >= 15 is 0 Å². The molecule has 7 unspecified atom stereocenters. The molecule has 1 saturated heterocycles. The van der Waals surface area contributed by atoms with Crippen molar-refractivity contribution >= 4 is 11.9 Å². The highest BCUT2D eigenvalue weighted by molar-refractivity contribution is 5.76. The number of carbonyl (C=O) groups is 2. The van der Waals surface area contributed by atoms with Crippen molar-refractivity contribution in [3.63, 3.8) is 0 Å². The van der Waals surface area contributed by atoms with Crippen molar-refractivity contribution in [3.05, 3.63) is 48.6 Å². The van der Waals surface area contributed by atoms with Gasteiger partial charge in [-0.05, 0) is 83.5 Å². The van der Waals surface area contributed by atoms with E-state index in [-0.39, 0.29) is 18.5 Å². The number of nitrogens with one attached hydrogen (secondary N) is 1. The molecule has 1 fully saturated rings. The molecule has 0 aliphatic carbocycles. The Labute approximate surface area is 574 Å². The van der Waals surface area contributed by atoms with Gasteiger partial charge in [-0.1, -0.05) is 351 Å². The molecular formula is C82H153NO10.